The summed E-state index contributed by atoms with van der Waals surface area (Å²) in [7, 11) is 1.53. The van der Waals surface area contributed by atoms with Crippen LogP contribution in [0.2, 0.25) is 0 Å². The molecule has 37 heavy (non-hydrogen) atoms. The van der Waals surface area contributed by atoms with Gasteiger partial charge < -0.3 is 29.0 Å². The predicted molar refractivity (Wildman–Crippen MR) is 136 cm³/mol. The van der Waals surface area contributed by atoms with Crippen LogP contribution in [0.4, 0.5) is 0 Å². The summed E-state index contributed by atoms with van der Waals surface area (Å²) in [5.74, 6) is -0.0345. The number of hydrogen-bond acceptors (Lipinski definition) is 7. The molecule has 8 nitrogen and oxygen atoms in total. The van der Waals surface area contributed by atoms with Crippen LogP contribution in [0.3, 0.4) is 0 Å². The average molecular weight is 502 g/mol. The van der Waals surface area contributed by atoms with Gasteiger partial charge in [0.05, 0.1) is 18.2 Å². The summed E-state index contributed by atoms with van der Waals surface area (Å²) in [6, 6.07) is 21.1. The number of ketones is 1. The molecule has 0 bridgehead atoms. The summed E-state index contributed by atoms with van der Waals surface area (Å²) in [6.45, 7) is 1.67. The van der Waals surface area contributed by atoms with E-state index in [1.807, 2.05) is 30.3 Å². The number of ether oxygens (including phenoxy) is 4. The Morgan fingerprint density at radius 1 is 0.973 bits per heavy atom. The van der Waals surface area contributed by atoms with Crippen LogP contribution in [0.5, 0.6) is 17.2 Å². The van der Waals surface area contributed by atoms with Crippen LogP contribution in [-0.2, 0) is 20.9 Å². The van der Waals surface area contributed by atoms with E-state index in [4.69, 9.17) is 18.9 Å². The lowest BCUT2D eigenvalue weighted by atomic mass is 9.95. The summed E-state index contributed by atoms with van der Waals surface area (Å²) >= 11 is 0. The summed E-state index contributed by atoms with van der Waals surface area (Å²) in [6.07, 6.45) is 0. The second-order valence-corrected chi connectivity index (χ2v) is 8.69. The van der Waals surface area contributed by atoms with Crippen molar-refractivity contribution in [2.45, 2.75) is 12.6 Å². The van der Waals surface area contributed by atoms with Gasteiger partial charge in [-0.25, -0.2) is 0 Å². The molecular weight excluding hydrogens is 474 g/mol. The first-order valence-corrected chi connectivity index (χ1v) is 12.0. The second kappa shape index (κ2) is 10.8. The zero-order valence-electron chi connectivity index (χ0n) is 20.4. The predicted octanol–water partition coefficient (Wildman–Crippen LogP) is 4.10. The Morgan fingerprint density at radius 3 is 2.43 bits per heavy atom. The molecule has 5 rings (SSSR count). The molecule has 0 spiro atoms. The van der Waals surface area contributed by atoms with Crippen molar-refractivity contribution in [2.75, 3.05) is 33.5 Å². The molecule has 1 fully saturated rings. The molecule has 0 saturated carbocycles. The highest BCUT2D eigenvalue weighted by Gasteiger charge is 2.46. The molecular formula is C29H27NO7. The highest BCUT2D eigenvalue weighted by Crippen LogP contribution is 2.41. The maximum absolute atomic E-state index is 13.2. The summed E-state index contributed by atoms with van der Waals surface area (Å²) in [5, 5.41) is 11.3. The molecule has 3 aromatic carbocycles. The van der Waals surface area contributed by atoms with Crippen LogP contribution in [-0.4, -0.2) is 55.2 Å². The number of carbonyl (C=O) groups is 2. The number of nitrogens with zero attached hydrogens (tertiary/aromatic N) is 1. The van der Waals surface area contributed by atoms with Crippen LogP contribution in [0.25, 0.3) is 5.76 Å². The third-order valence-electron chi connectivity index (χ3n) is 6.34. The lowest BCUT2D eigenvalue weighted by molar-refractivity contribution is -0.140. The minimum atomic E-state index is -0.786. The molecule has 2 heterocycles. The van der Waals surface area contributed by atoms with Crippen molar-refractivity contribution in [1.29, 1.82) is 0 Å². The van der Waals surface area contributed by atoms with Gasteiger partial charge in [-0.3, -0.25) is 9.59 Å². The van der Waals surface area contributed by atoms with Crippen LogP contribution in [0, 0.1) is 0 Å². The summed E-state index contributed by atoms with van der Waals surface area (Å²) < 4.78 is 22.2. The third-order valence-corrected chi connectivity index (χ3v) is 6.34. The van der Waals surface area contributed by atoms with Crippen molar-refractivity contribution in [3.8, 4) is 17.2 Å². The Hall–Kier alpha value is -4.30. The molecule has 2 aliphatic heterocycles. The van der Waals surface area contributed by atoms with Gasteiger partial charge in [-0.2, -0.15) is 0 Å². The van der Waals surface area contributed by atoms with Crippen LogP contribution >= 0.6 is 0 Å². The maximum Gasteiger partial charge on any atom is 0.295 e. The number of hydrogen-bond donors (Lipinski definition) is 1. The minimum absolute atomic E-state index is 0.00994. The minimum Gasteiger partial charge on any atom is -0.507 e. The summed E-state index contributed by atoms with van der Waals surface area (Å²) in [5.41, 5.74) is 2.08. The number of aliphatic hydroxyl groups is 1. The van der Waals surface area contributed by atoms with Crippen molar-refractivity contribution in [3.05, 3.63) is 95.1 Å². The fourth-order valence-electron chi connectivity index (χ4n) is 4.48. The number of likely N-dealkylation sites (tertiary alicyclic amines) is 1. The molecule has 8 heteroatoms. The Balaban J connectivity index is 1.48. The number of benzene rings is 3. The maximum atomic E-state index is 13.2. The Morgan fingerprint density at radius 2 is 1.70 bits per heavy atom. The highest BCUT2D eigenvalue weighted by molar-refractivity contribution is 6.46. The van der Waals surface area contributed by atoms with Crippen molar-refractivity contribution < 1.29 is 33.6 Å². The van der Waals surface area contributed by atoms with E-state index in [9.17, 15) is 14.7 Å². The molecule has 0 unspecified atom stereocenters. The van der Waals surface area contributed by atoms with Crippen LogP contribution < -0.4 is 14.2 Å². The molecule has 3 aromatic rings. The second-order valence-electron chi connectivity index (χ2n) is 8.69. The SMILES string of the molecule is COCCN1C(=O)C(=O)C(=C(O)c2ccc3c(c2)OCCO3)[C@@H]1c1ccc(OCc2ccccc2)cc1. The van der Waals surface area contributed by atoms with Crippen molar-refractivity contribution in [2.24, 2.45) is 0 Å². The molecule has 2 aliphatic rings. The van der Waals surface area contributed by atoms with E-state index in [1.165, 1.54) is 12.0 Å². The van der Waals surface area contributed by atoms with Gasteiger partial charge in [0.2, 0.25) is 0 Å². The van der Waals surface area contributed by atoms with Gasteiger partial charge in [0.1, 0.15) is 31.3 Å². The van der Waals surface area contributed by atoms with Gasteiger partial charge in [0.15, 0.2) is 11.5 Å². The quantitative estimate of drug-likeness (QED) is 0.282. The lowest BCUT2D eigenvalue weighted by Crippen LogP contribution is -2.32. The molecule has 0 aliphatic carbocycles. The summed E-state index contributed by atoms with van der Waals surface area (Å²) in [4.78, 5) is 27.6. The molecule has 1 atom stereocenters. The largest absolute Gasteiger partial charge is 0.507 e. The number of fused-ring (bicyclic) bond motifs is 1. The number of carbonyl (C=O) groups excluding carboxylic acids is 2. The van der Waals surface area contributed by atoms with Crippen molar-refractivity contribution >= 4 is 17.4 Å². The Labute approximate surface area is 214 Å². The standard InChI is InChI=1S/C29H27NO7/c1-34-14-13-30-26(20-7-10-22(11-8-20)37-18-19-5-3-2-4-6-19)25(28(32)29(30)33)27(31)21-9-12-23-24(17-21)36-16-15-35-23/h2-12,17,26,31H,13-16,18H2,1H3/t26-/m0/s1. The molecule has 1 N–H and O–H groups in total. The van der Waals surface area contributed by atoms with E-state index in [0.29, 0.717) is 48.2 Å². The Kier molecular flexibility index (Phi) is 7.09. The van der Waals surface area contributed by atoms with E-state index < -0.39 is 17.7 Å². The van der Waals surface area contributed by atoms with Crippen molar-refractivity contribution in [1.82, 2.24) is 4.90 Å². The highest BCUT2D eigenvalue weighted by atomic mass is 16.6. The van der Waals surface area contributed by atoms with Crippen molar-refractivity contribution in [3.63, 3.8) is 0 Å². The molecule has 1 amide bonds. The third kappa shape index (κ3) is 5.01. The number of rotatable bonds is 8. The average Bonchev–Trinajstić information content (AvgIpc) is 3.20. The number of Topliss-reactive ketones (excluding diaryl/α,β-unsaturated/α-hetero) is 1. The number of aliphatic hydroxyl groups excluding tert-OH is 1. The lowest BCUT2D eigenvalue weighted by Gasteiger charge is -2.25. The van der Waals surface area contributed by atoms with Gasteiger partial charge >= 0.3 is 0 Å². The normalized spacial score (nSPS) is 18.2. The van der Waals surface area contributed by atoms with Gasteiger partial charge in [0.25, 0.3) is 11.7 Å². The fraction of sp³-hybridized carbons (Fsp3) is 0.241. The van der Waals surface area contributed by atoms with Gasteiger partial charge in [-0.15, -0.1) is 0 Å². The van der Waals surface area contributed by atoms with E-state index in [-0.39, 0.29) is 24.5 Å². The van der Waals surface area contributed by atoms with Crippen LogP contribution in [0.15, 0.2) is 78.4 Å². The van der Waals surface area contributed by atoms with Gasteiger partial charge in [-0.1, -0.05) is 42.5 Å². The molecule has 0 aromatic heterocycles. The molecule has 1 saturated heterocycles. The first kappa shape index (κ1) is 24.4. The Bertz CT molecular complexity index is 1320. The van der Waals surface area contributed by atoms with Gasteiger partial charge in [-0.05, 0) is 41.5 Å². The molecule has 190 valence electrons. The van der Waals surface area contributed by atoms with E-state index in [1.54, 1.807) is 42.5 Å². The first-order valence-electron chi connectivity index (χ1n) is 12.0. The zero-order chi connectivity index (χ0) is 25.8. The van der Waals surface area contributed by atoms with Gasteiger partial charge in [0, 0.05) is 19.2 Å². The number of methoxy groups -OCH3 is 1. The fourth-order valence-corrected chi connectivity index (χ4v) is 4.48. The first-order chi connectivity index (χ1) is 18.1. The topological polar surface area (TPSA) is 94.5 Å². The number of amides is 1. The van der Waals surface area contributed by atoms with Crippen LogP contribution in [0.1, 0.15) is 22.7 Å². The smallest absolute Gasteiger partial charge is 0.295 e. The zero-order valence-corrected chi connectivity index (χ0v) is 20.4. The van der Waals surface area contributed by atoms with E-state index in [0.717, 1.165) is 5.56 Å². The monoisotopic (exact) mass is 501 g/mol. The van der Waals surface area contributed by atoms with E-state index >= 15 is 0 Å². The van der Waals surface area contributed by atoms with E-state index in [2.05, 4.69) is 0 Å². The molecule has 0 radical (unpaired) electrons.